The van der Waals surface area contributed by atoms with E-state index in [1.54, 1.807) is 0 Å². The average Bonchev–Trinajstić information content (AvgIpc) is 2.26. The first-order valence-corrected chi connectivity index (χ1v) is 5.58. The highest BCUT2D eigenvalue weighted by Gasteiger charge is 2.26. The lowest BCUT2D eigenvalue weighted by molar-refractivity contribution is -0.383. The van der Waals surface area contributed by atoms with Crippen molar-refractivity contribution < 1.29 is 22.9 Å². The molecule has 1 aromatic rings. The quantitative estimate of drug-likeness (QED) is 0.645. The van der Waals surface area contributed by atoms with Gasteiger partial charge in [-0.15, -0.1) is 0 Å². The van der Waals surface area contributed by atoms with Gasteiger partial charge in [0.25, 0.3) is 5.69 Å². The van der Waals surface area contributed by atoms with E-state index in [4.69, 9.17) is 11.6 Å². The van der Waals surface area contributed by atoms with Crippen molar-refractivity contribution in [3.63, 3.8) is 0 Å². The van der Waals surface area contributed by atoms with Crippen LogP contribution in [0.4, 0.5) is 24.5 Å². The van der Waals surface area contributed by atoms with E-state index >= 15 is 0 Å². The van der Waals surface area contributed by atoms with Crippen LogP contribution in [0.2, 0.25) is 5.02 Å². The van der Waals surface area contributed by atoms with Gasteiger partial charge in [-0.1, -0.05) is 11.6 Å². The minimum atomic E-state index is -4.44. The summed E-state index contributed by atoms with van der Waals surface area (Å²) in [5, 5.41) is 14.8. The maximum Gasteiger partial charge on any atom is 0.401 e. The number of halogens is 4. The summed E-state index contributed by atoms with van der Waals surface area (Å²) >= 11 is 5.63. The number of nitrogens with one attached hydrogen (secondary N) is 2. The molecule has 110 valence electrons. The maximum absolute atomic E-state index is 11.9. The van der Waals surface area contributed by atoms with Gasteiger partial charge in [0.2, 0.25) is 5.91 Å². The van der Waals surface area contributed by atoms with Crippen molar-refractivity contribution in [2.75, 3.05) is 18.4 Å². The molecular weight excluding hydrogens is 303 g/mol. The number of amides is 1. The van der Waals surface area contributed by atoms with Crippen molar-refractivity contribution in [2.45, 2.75) is 6.18 Å². The number of nitrogens with zero attached hydrogens (tertiary/aromatic N) is 1. The molecule has 0 atom stereocenters. The Labute approximate surface area is 116 Å². The van der Waals surface area contributed by atoms with Gasteiger partial charge in [-0.25, -0.2) is 0 Å². The third kappa shape index (κ3) is 5.41. The number of benzene rings is 1. The van der Waals surface area contributed by atoms with Crippen LogP contribution in [-0.4, -0.2) is 30.1 Å². The first kappa shape index (κ1) is 16.2. The first-order chi connectivity index (χ1) is 9.19. The standard InChI is InChI=1S/C10H9ClF3N3O3/c11-6-1-2-8(17(19)20)7(3-6)16-9(18)4-15-5-10(12,13)14/h1-3,15H,4-5H2,(H,16,18). The Kier molecular flexibility index (Phi) is 5.28. The molecule has 0 unspecified atom stereocenters. The van der Waals surface area contributed by atoms with Crippen LogP contribution in [0.15, 0.2) is 18.2 Å². The van der Waals surface area contributed by atoms with E-state index in [9.17, 15) is 28.1 Å². The van der Waals surface area contributed by atoms with Crippen molar-refractivity contribution in [2.24, 2.45) is 0 Å². The summed E-state index contributed by atoms with van der Waals surface area (Å²) in [4.78, 5) is 21.3. The Morgan fingerprint density at radius 2 is 2.05 bits per heavy atom. The summed E-state index contributed by atoms with van der Waals surface area (Å²) in [5.41, 5.74) is -0.583. The second kappa shape index (κ2) is 6.53. The zero-order valence-corrected chi connectivity index (χ0v) is 10.6. The summed E-state index contributed by atoms with van der Waals surface area (Å²) in [6.07, 6.45) is -4.44. The fourth-order valence-electron chi connectivity index (χ4n) is 1.28. The van der Waals surface area contributed by atoms with E-state index < -0.39 is 35.8 Å². The highest BCUT2D eigenvalue weighted by Crippen LogP contribution is 2.27. The number of carbonyl (C=O) groups excluding carboxylic acids is 1. The molecule has 0 aromatic heterocycles. The van der Waals surface area contributed by atoms with E-state index in [2.05, 4.69) is 5.32 Å². The Hall–Kier alpha value is -1.87. The van der Waals surface area contributed by atoms with Gasteiger partial charge in [-0.2, -0.15) is 13.2 Å². The molecule has 1 rings (SSSR count). The zero-order chi connectivity index (χ0) is 15.3. The molecule has 0 heterocycles. The lowest BCUT2D eigenvalue weighted by atomic mass is 10.2. The Bertz CT molecular complexity index is 522. The van der Waals surface area contributed by atoms with E-state index in [-0.39, 0.29) is 10.7 Å². The zero-order valence-electron chi connectivity index (χ0n) is 9.83. The number of hydrogen-bond acceptors (Lipinski definition) is 4. The van der Waals surface area contributed by atoms with E-state index in [0.29, 0.717) is 0 Å². The van der Waals surface area contributed by atoms with Crippen LogP contribution in [-0.2, 0) is 4.79 Å². The smallest absolute Gasteiger partial charge is 0.319 e. The number of nitro benzene ring substituents is 1. The molecule has 6 nitrogen and oxygen atoms in total. The summed E-state index contributed by atoms with van der Waals surface area (Å²) in [6, 6.07) is 3.49. The van der Waals surface area contributed by atoms with Gasteiger partial charge >= 0.3 is 6.18 Å². The Morgan fingerprint density at radius 1 is 1.40 bits per heavy atom. The van der Waals surface area contributed by atoms with E-state index in [0.717, 1.165) is 12.1 Å². The number of hydrogen-bond donors (Lipinski definition) is 2. The van der Waals surface area contributed by atoms with Crippen LogP contribution in [0, 0.1) is 10.1 Å². The lowest BCUT2D eigenvalue weighted by Gasteiger charge is -2.09. The maximum atomic E-state index is 11.9. The first-order valence-electron chi connectivity index (χ1n) is 5.20. The third-order valence-electron chi connectivity index (χ3n) is 2.04. The predicted molar refractivity (Wildman–Crippen MR) is 65.7 cm³/mol. The molecule has 0 aliphatic carbocycles. The Balaban J connectivity index is 2.66. The molecular formula is C10H9ClF3N3O3. The number of carbonyl (C=O) groups is 1. The average molecular weight is 312 g/mol. The molecule has 0 aliphatic rings. The number of alkyl halides is 3. The molecule has 0 saturated carbocycles. The van der Waals surface area contributed by atoms with Crippen LogP contribution < -0.4 is 10.6 Å². The molecule has 0 spiro atoms. The molecule has 2 N–H and O–H groups in total. The van der Waals surface area contributed by atoms with Gasteiger partial charge in [0.1, 0.15) is 5.69 Å². The van der Waals surface area contributed by atoms with Crippen LogP contribution >= 0.6 is 11.6 Å². The largest absolute Gasteiger partial charge is 0.401 e. The monoisotopic (exact) mass is 311 g/mol. The van der Waals surface area contributed by atoms with Gasteiger partial charge in [0.15, 0.2) is 0 Å². The highest BCUT2D eigenvalue weighted by atomic mass is 35.5. The topological polar surface area (TPSA) is 84.3 Å². The van der Waals surface area contributed by atoms with Crippen LogP contribution in [0.3, 0.4) is 0 Å². The normalized spacial score (nSPS) is 11.2. The predicted octanol–water partition coefficient (Wildman–Crippen LogP) is 2.34. The molecule has 10 heteroatoms. The minimum Gasteiger partial charge on any atom is -0.319 e. The van der Waals surface area contributed by atoms with Crippen LogP contribution in [0.25, 0.3) is 0 Å². The van der Waals surface area contributed by atoms with Gasteiger partial charge < -0.3 is 10.6 Å². The third-order valence-corrected chi connectivity index (χ3v) is 2.28. The lowest BCUT2D eigenvalue weighted by Crippen LogP contribution is -2.35. The van der Waals surface area contributed by atoms with Gasteiger partial charge in [-0.3, -0.25) is 14.9 Å². The van der Waals surface area contributed by atoms with Crippen molar-refractivity contribution in [1.82, 2.24) is 5.32 Å². The number of nitro groups is 1. The van der Waals surface area contributed by atoms with E-state index in [1.807, 2.05) is 5.32 Å². The van der Waals surface area contributed by atoms with Gasteiger partial charge in [-0.05, 0) is 12.1 Å². The summed E-state index contributed by atoms with van der Waals surface area (Å²) in [7, 11) is 0. The van der Waals surface area contributed by atoms with Crippen molar-refractivity contribution in [3.05, 3.63) is 33.3 Å². The second-order valence-electron chi connectivity index (χ2n) is 3.69. The minimum absolute atomic E-state index is 0.147. The van der Waals surface area contributed by atoms with Gasteiger partial charge in [0.05, 0.1) is 18.0 Å². The van der Waals surface area contributed by atoms with Crippen molar-refractivity contribution in [1.29, 1.82) is 0 Å². The van der Waals surface area contributed by atoms with Crippen LogP contribution in [0.5, 0.6) is 0 Å². The SMILES string of the molecule is O=C(CNCC(F)(F)F)Nc1cc(Cl)ccc1[N+](=O)[O-]. The van der Waals surface area contributed by atoms with E-state index in [1.165, 1.54) is 6.07 Å². The van der Waals surface area contributed by atoms with Crippen LogP contribution in [0.1, 0.15) is 0 Å². The fourth-order valence-corrected chi connectivity index (χ4v) is 1.45. The van der Waals surface area contributed by atoms with Gasteiger partial charge in [0, 0.05) is 11.1 Å². The van der Waals surface area contributed by atoms with Crippen molar-refractivity contribution in [3.8, 4) is 0 Å². The van der Waals surface area contributed by atoms with Crippen molar-refractivity contribution >= 4 is 28.9 Å². The Morgan fingerprint density at radius 3 is 2.60 bits per heavy atom. The number of anilines is 1. The molecule has 1 amide bonds. The molecule has 0 bridgehead atoms. The highest BCUT2D eigenvalue weighted by molar-refractivity contribution is 6.31. The summed E-state index contributed by atoms with van der Waals surface area (Å²) in [5.74, 6) is -0.848. The second-order valence-corrected chi connectivity index (χ2v) is 4.12. The molecule has 0 radical (unpaired) electrons. The molecule has 1 aromatic carbocycles. The molecule has 0 aliphatic heterocycles. The summed E-state index contributed by atoms with van der Waals surface area (Å²) in [6.45, 7) is -1.97. The molecule has 0 fully saturated rings. The molecule has 20 heavy (non-hydrogen) atoms. The fraction of sp³-hybridized carbons (Fsp3) is 0.300. The number of rotatable bonds is 5. The molecule has 0 saturated heterocycles. The summed E-state index contributed by atoms with van der Waals surface area (Å²) < 4.78 is 35.6.